The number of tetrazole rings is 1. The fraction of sp³-hybridized carbons (Fsp3) is 0.273. The van der Waals surface area contributed by atoms with Crippen LogP contribution >= 0.6 is 12.2 Å². The highest BCUT2D eigenvalue weighted by atomic mass is 32.2. The van der Waals surface area contributed by atoms with Gasteiger partial charge in [-0.05, 0) is 53.3 Å². The lowest BCUT2D eigenvalue weighted by Crippen LogP contribution is -2.12. The van der Waals surface area contributed by atoms with Gasteiger partial charge in [0, 0.05) is 12.8 Å². The summed E-state index contributed by atoms with van der Waals surface area (Å²) in [4.78, 5) is 0.0199. The third-order valence-corrected chi connectivity index (χ3v) is 3.87. The van der Waals surface area contributed by atoms with Gasteiger partial charge in [-0.3, -0.25) is 0 Å². The first-order valence-electron chi connectivity index (χ1n) is 6.00. The Kier molecular flexibility index (Phi) is 4.60. The van der Waals surface area contributed by atoms with Gasteiger partial charge in [0.1, 0.15) is 0 Å². The molecular weight excluding hydrogens is 314 g/mol. The standard InChI is InChI=1S/C11H13N5O3S2/c12-21(18,19)9-6-4-8(5-7-9)16-10(13-14-15-16)2-1-3-11(17)20/h4-7H,1-3H2,(H,17,20)(H2,12,18,19). The lowest BCUT2D eigenvalue weighted by atomic mass is 10.2. The van der Waals surface area contributed by atoms with Crippen molar-refractivity contribution < 1.29 is 13.5 Å². The zero-order valence-corrected chi connectivity index (χ0v) is 12.5. The Morgan fingerprint density at radius 1 is 1.33 bits per heavy atom. The van der Waals surface area contributed by atoms with Crippen molar-refractivity contribution >= 4 is 27.3 Å². The first-order chi connectivity index (χ1) is 9.88. The topological polar surface area (TPSA) is 124 Å². The highest BCUT2D eigenvalue weighted by Gasteiger charge is 2.11. The van der Waals surface area contributed by atoms with Crippen LogP contribution in [0.25, 0.3) is 5.69 Å². The van der Waals surface area contributed by atoms with Crippen LogP contribution in [0.2, 0.25) is 0 Å². The van der Waals surface area contributed by atoms with E-state index < -0.39 is 10.0 Å². The Bertz CT molecular complexity index is 739. The van der Waals surface area contributed by atoms with E-state index in [-0.39, 0.29) is 9.95 Å². The van der Waals surface area contributed by atoms with Crippen LogP contribution in [0.4, 0.5) is 0 Å². The molecule has 8 nitrogen and oxygen atoms in total. The van der Waals surface area contributed by atoms with Crippen LogP contribution in [0, 0.1) is 0 Å². The average Bonchev–Trinajstić information content (AvgIpc) is 2.86. The van der Waals surface area contributed by atoms with Gasteiger partial charge in [0.25, 0.3) is 0 Å². The smallest absolute Gasteiger partial charge is 0.238 e. The molecule has 0 saturated heterocycles. The van der Waals surface area contributed by atoms with Gasteiger partial charge >= 0.3 is 0 Å². The molecule has 0 radical (unpaired) electrons. The summed E-state index contributed by atoms with van der Waals surface area (Å²) in [5, 5.41) is 25.3. The number of benzene rings is 1. The van der Waals surface area contributed by atoms with Gasteiger partial charge in [-0.25, -0.2) is 13.6 Å². The molecular formula is C11H13N5O3S2. The second-order valence-electron chi connectivity index (χ2n) is 4.29. The molecule has 0 amide bonds. The molecule has 0 atom stereocenters. The zero-order valence-electron chi connectivity index (χ0n) is 10.9. The number of aliphatic hydroxyl groups excluding tert-OH is 1. The lowest BCUT2D eigenvalue weighted by Gasteiger charge is -2.05. The van der Waals surface area contributed by atoms with Crippen molar-refractivity contribution in [1.29, 1.82) is 0 Å². The van der Waals surface area contributed by atoms with Gasteiger partial charge in [-0.2, -0.15) is 4.68 Å². The molecule has 1 aromatic carbocycles. The maximum atomic E-state index is 11.2. The molecule has 0 aliphatic heterocycles. The predicted molar refractivity (Wildman–Crippen MR) is 78.7 cm³/mol. The van der Waals surface area contributed by atoms with Crippen molar-refractivity contribution in [3.63, 3.8) is 0 Å². The molecule has 1 aromatic heterocycles. The molecule has 0 fully saturated rings. The fourth-order valence-electron chi connectivity index (χ4n) is 1.74. The van der Waals surface area contributed by atoms with E-state index in [1.54, 1.807) is 12.1 Å². The van der Waals surface area contributed by atoms with E-state index in [0.717, 1.165) is 0 Å². The van der Waals surface area contributed by atoms with Crippen LogP contribution in [-0.4, -0.2) is 38.8 Å². The zero-order chi connectivity index (χ0) is 15.5. The first kappa shape index (κ1) is 15.5. The molecule has 10 heteroatoms. The highest BCUT2D eigenvalue weighted by molar-refractivity contribution is 7.89. The van der Waals surface area contributed by atoms with Gasteiger partial charge in [-0.15, -0.1) is 5.10 Å². The van der Waals surface area contributed by atoms with Gasteiger partial charge in [0.2, 0.25) is 10.0 Å². The second-order valence-corrected chi connectivity index (χ2v) is 6.33. The molecule has 0 bridgehead atoms. The summed E-state index contributed by atoms with van der Waals surface area (Å²) >= 11 is 4.59. The Morgan fingerprint density at radius 3 is 2.57 bits per heavy atom. The molecule has 0 saturated carbocycles. The highest BCUT2D eigenvalue weighted by Crippen LogP contribution is 2.13. The molecule has 2 aromatic rings. The van der Waals surface area contributed by atoms with Crippen LogP contribution in [-0.2, 0) is 16.4 Å². The van der Waals surface area contributed by atoms with Crippen LogP contribution < -0.4 is 5.14 Å². The maximum Gasteiger partial charge on any atom is 0.238 e. The van der Waals surface area contributed by atoms with Crippen molar-refractivity contribution in [2.45, 2.75) is 24.2 Å². The number of aliphatic hydroxyl groups is 1. The Hall–Kier alpha value is -1.91. The summed E-state index contributed by atoms with van der Waals surface area (Å²) in [6, 6.07) is 5.91. The summed E-state index contributed by atoms with van der Waals surface area (Å²) in [5.74, 6) is 0.592. The van der Waals surface area contributed by atoms with Crippen LogP contribution in [0.5, 0.6) is 0 Å². The van der Waals surface area contributed by atoms with Crippen molar-refractivity contribution in [3.05, 3.63) is 30.1 Å². The van der Waals surface area contributed by atoms with Crippen molar-refractivity contribution in [2.24, 2.45) is 5.14 Å². The van der Waals surface area contributed by atoms with Gasteiger partial charge in [0.05, 0.1) is 10.6 Å². The predicted octanol–water partition coefficient (Wildman–Crippen LogP) is 0.518. The van der Waals surface area contributed by atoms with E-state index in [2.05, 4.69) is 27.7 Å². The number of hydrogen-bond donors (Lipinski definition) is 2. The van der Waals surface area contributed by atoms with Gasteiger partial charge < -0.3 is 5.11 Å². The summed E-state index contributed by atoms with van der Waals surface area (Å²) in [6.07, 6.45) is 1.54. The molecule has 3 N–H and O–H groups in total. The monoisotopic (exact) mass is 327 g/mol. The number of sulfonamides is 1. The summed E-state index contributed by atoms with van der Waals surface area (Å²) < 4.78 is 23.9. The van der Waals surface area contributed by atoms with Crippen molar-refractivity contribution in [3.8, 4) is 5.69 Å². The average molecular weight is 327 g/mol. The number of aryl methyl sites for hydroxylation is 1. The minimum atomic E-state index is -3.73. The van der Waals surface area contributed by atoms with E-state index in [4.69, 9.17) is 10.2 Å². The Labute approximate surface area is 126 Å². The van der Waals surface area contributed by atoms with Gasteiger partial charge in [0.15, 0.2) is 10.9 Å². The number of thiocarbonyl (C=S) groups is 1. The normalized spacial score (nSPS) is 11.5. The minimum absolute atomic E-state index is 0.0199. The number of aromatic nitrogens is 4. The summed E-state index contributed by atoms with van der Waals surface area (Å²) in [7, 11) is -3.73. The number of hydrogen-bond acceptors (Lipinski definition) is 6. The first-order valence-corrected chi connectivity index (χ1v) is 7.95. The molecule has 0 unspecified atom stereocenters. The van der Waals surface area contributed by atoms with E-state index in [1.165, 1.54) is 16.8 Å². The molecule has 0 aliphatic rings. The van der Waals surface area contributed by atoms with E-state index in [9.17, 15) is 8.42 Å². The molecule has 2 rings (SSSR count). The van der Waals surface area contributed by atoms with E-state index in [0.29, 0.717) is 30.8 Å². The molecule has 112 valence electrons. The van der Waals surface area contributed by atoms with E-state index in [1.807, 2.05) is 0 Å². The van der Waals surface area contributed by atoms with Crippen LogP contribution in [0.3, 0.4) is 0 Å². The van der Waals surface area contributed by atoms with Crippen LogP contribution in [0.15, 0.2) is 29.2 Å². The number of primary sulfonamides is 1. The number of rotatable bonds is 6. The SMILES string of the molecule is NS(=O)(=O)c1ccc(-n2nnnc2CCCC(O)=S)cc1. The van der Waals surface area contributed by atoms with Crippen molar-refractivity contribution in [2.75, 3.05) is 0 Å². The second kappa shape index (κ2) is 6.24. The molecule has 21 heavy (non-hydrogen) atoms. The van der Waals surface area contributed by atoms with Gasteiger partial charge in [-0.1, -0.05) is 0 Å². The summed E-state index contributed by atoms with van der Waals surface area (Å²) in [6.45, 7) is 0. The van der Waals surface area contributed by atoms with E-state index >= 15 is 0 Å². The Balaban J connectivity index is 2.19. The minimum Gasteiger partial charge on any atom is -0.502 e. The molecule has 0 spiro atoms. The third kappa shape index (κ3) is 4.03. The fourth-order valence-corrected chi connectivity index (χ4v) is 2.40. The largest absolute Gasteiger partial charge is 0.502 e. The summed E-state index contributed by atoms with van der Waals surface area (Å²) in [5.41, 5.74) is 0.619. The molecule has 1 heterocycles. The number of nitrogens with two attached hydrogens (primary N) is 1. The quantitative estimate of drug-likeness (QED) is 0.741. The lowest BCUT2D eigenvalue weighted by molar-refractivity contribution is 0.541. The number of nitrogens with zero attached hydrogens (tertiary/aromatic N) is 4. The third-order valence-electron chi connectivity index (χ3n) is 2.73. The Morgan fingerprint density at radius 2 is 2.00 bits per heavy atom. The maximum absolute atomic E-state index is 11.2. The van der Waals surface area contributed by atoms with Crippen LogP contribution in [0.1, 0.15) is 18.7 Å². The van der Waals surface area contributed by atoms with Crippen molar-refractivity contribution in [1.82, 2.24) is 20.2 Å². The molecule has 0 aliphatic carbocycles.